The van der Waals surface area contributed by atoms with Gasteiger partial charge in [0.1, 0.15) is 5.76 Å². The minimum Gasteiger partial charge on any atom is -0.496 e. The third-order valence-electron chi connectivity index (χ3n) is 4.77. The minimum absolute atomic E-state index is 0.0287. The second-order valence-electron chi connectivity index (χ2n) is 6.96. The number of Topliss-reactive ketones (excluding diaryl/α,β-unsaturated/α-hetero) is 1. The second-order valence-corrected chi connectivity index (χ2v) is 7.84. The predicted molar refractivity (Wildman–Crippen MR) is 140 cm³/mol. The number of ether oxygens (including phenoxy) is 1. The monoisotopic (exact) mass is 475 g/mol. The summed E-state index contributed by atoms with van der Waals surface area (Å²) in [6.07, 6.45) is 20.0. The molecule has 0 aliphatic heterocycles. The van der Waals surface area contributed by atoms with Crippen molar-refractivity contribution in [1.82, 2.24) is 0 Å². The van der Waals surface area contributed by atoms with Gasteiger partial charge in [0, 0.05) is 22.1 Å². The van der Waals surface area contributed by atoms with E-state index in [9.17, 15) is 9.59 Å². The lowest BCUT2D eigenvalue weighted by Gasteiger charge is -2.13. The number of benzene rings is 1. The van der Waals surface area contributed by atoms with Crippen molar-refractivity contribution in [3.05, 3.63) is 94.5 Å². The number of allylic oxidation sites excluding steroid dienone is 6. The van der Waals surface area contributed by atoms with Crippen molar-refractivity contribution in [2.75, 3.05) is 13.4 Å². The zero-order valence-corrected chi connectivity index (χ0v) is 21.0. The van der Waals surface area contributed by atoms with Gasteiger partial charge in [0.25, 0.3) is 0 Å². The SMILES string of the molecule is C#C.C=CC(=C\C)/C(=N\OC(=O)CC1=CC=C(OC)C=C=C1)C(=O)c1c(C)cc(SC)cc1C. The molecule has 0 unspecified atom stereocenters. The summed E-state index contributed by atoms with van der Waals surface area (Å²) in [4.78, 5) is 32.0. The van der Waals surface area contributed by atoms with E-state index in [1.165, 1.54) is 6.08 Å². The molecule has 34 heavy (non-hydrogen) atoms. The van der Waals surface area contributed by atoms with Crippen LogP contribution in [0.5, 0.6) is 0 Å². The van der Waals surface area contributed by atoms with Crippen molar-refractivity contribution in [2.45, 2.75) is 32.1 Å². The molecule has 0 fully saturated rings. The Morgan fingerprint density at radius 1 is 1.18 bits per heavy atom. The zero-order chi connectivity index (χ0) is 25.7. The van der Waals surface area contributed by atoms with Crippen molar-refractivity contribution in [3.63, 3.8) is 0 Å². The molecule has 0 bridgehead atoms. The number of thioether (sulfide) groups is 1. The molecular weight excluding hydrogens is 446 g/mol. The molecule has 0 heterocycles. The van der Waals surface area contributed by atoms with Crippen molar-refractivity contribution in [2.24, 2.45) is 5.16 Å². The number of terminal acetylenes is 1. The molecular formula is C28H29NO4S. The molecule has 5 nitrogen and oxygen atoms in total. The lowest BCUT2D eigenvalue weighted by atomic mass is 9.93. The van der Waals surface area contributed by atoms with Crippen molar-refractivity contribution in [3.8, 4) is 12.8 Å². The van der Waals surface area contributed by atoms with Crippen LogP contribution >= 0.6 is 11.8 Å². The Labute approximate surface area is 206 Å². The first-order chi connectivity index (χ1) is 16.3. The van der Waals surface area contributed by atoms with E-state index in [0.29, 0.717) is 22.5 Å². The van der Waals surface area contributed by atoms with E-state index in [-0.39, 0.29) is 17.9 Å². The number of hydrogen-bond donors (Lipinski definition) is 0. The average molecular weight is 476 g/mol. The summed E-state index contributed by atoms with van der Waals surface area (Å²) in [5.41, 5.74) is 6.33. The molecule has 0 saturated heterocycles. The van der Waals surface area contributed by atoms with Gasteiger partial charge in [0.15, 0.2) is 5.71 Å². The Morgan fingerprint density at radius 2 is 1.82 bits per heavy atom. The first-order valence-corrected chi connectivity index (χ1v) is 11.5. The molecule has 0 radical (unpaired) electrons. The average Bonchev–Trinajstić information content (AvgIpc) is 3.07. The number of aryl methyl sites for hydroxylation is 2. The van der Waals surface area contributed by atoms with Crippen LogP contribution in [0.4, 0.5) is 0 Å². The van der Waals surface area contributed by atoms with Gasteiger partial charge in [-0.2, -0.15) is 0 Å². The minimum atomic E-state index is -0.598. The van der Waals surface area contributed by atoms with Crippen LogP contribution in [-0.2, 0) is 14.4 Å². The summed E-state index contributed by atoms with van der Waals surface area (Å²) in [7, 11) is 1.56. The summed E-state index contributed by atoms with van der Waals surface area (Å²) in [6.45, 7) is 9.29. The van der Waals surface area contributed by atoms with Crippen LogP contribution in [0, 0.1) is 26.7 Å². The quantitative estimate of drug-likeness (QED) is 0.0635. The van der Waals surface area contributed by atoms with E-state index in [1.54, 1.807) is 56.2 Å². The molecule has 2 rings (SSSR count). The van der Waals surface area contributed by atoms with Crippen molar-refractivity contribution in [1.29, 1.82) is 0 Å². The standard InChI is InChI=1S/C26H27NO4S.C2H2/c1-7-20(8-2)25(26(29)24-17(3)14-22(32-6)15-18(24)4)27-31-23(28)16-19-10-9-11-21(30-5)13-12-19;1-2/h7-8,10-15H,1,16H2,2-6H3;1-2H/b20-8+,27-25+;. The Balaban J connectivity index is 0.00000281. The number of carbonyl (C=O) groups is 2. The maximum atomic E-state index is 13.4. The zero-order valence-electron chi connectivity index (χ0n) is 20.2. The van der Waals surface area contributed by atoms with E-state index in [0.717, 1.165) is 16.0 Å². The Hall–Kier alpha value is -3.78. The van der Waals surface area contributed by atoms with Crippen LogP contribution in [0.1, 0.15) is 34.8 Å². The van der Waals surface area contributed by atoms with E-state index in [2.05, 4.69) is 30.3 Å². The highest BCUT2D eigenvalue weighted by molar-refractivity contribution is 7.98. The highest BCUT2D eigenvalue weighted by Gasteiger charge is 2.22. The van der Waals surface area contributed by atoms with E-state index >= 15 is 0 Å². The van der Waals surface area contributed by atoms with Crippen molar-refractivity contribution >= 4 is 29.2 Å². The van der Waals surface area contributed by atoms with Gasteiger partial charge < -0.3 is 9.57 Å². The first-order valence-electron chi connectivity index (χ1n) is 10.3. The van der Waals surface area contributed by atoms with Gasteiger partial charge in [-0.25, -0.2) is 4.79 Å². The summed E-state index contributed by atoms with van der Waals surface area (Å²) in [6, 6.07) is 3.91. The van der Waals surface area contributed by atoms with Crippen molar-refractivity contribution < 1.29 is 19.2 Å². The smallest absolute Gasteiger partial charge is 0.339 e. The highest BCUT2D eigenvalue weighted by Crippen LogP contribution is 2.24. The molecule has 1 aromatic carbocycles. The third kappa shape index (κ3) is 7.67. The molecule has 0 aromatic heterocycles. The maximum absolute atomic E-state index is 13.4. The maximum Gasteiger partial charge on any atom is 0.339 e. The van der Waals surface area contributed by atoms with E-state index < -0.39 is 5.97 Å². The molecule has 1 aliphatic rings. The van der Waals surface area contributed by atoms with Crippen LogP contribution in [0.3, 0.4) is 0 Å². The van der Waals surface area contributed by atoms with Crippen LogP contribution < -0.4 is 0 Å². The Morgan fingerprint density at radius 3 is 2.35 bits per heavy atom. The van der Waals surface area contributed by atoms with Gasteiger partial charge in [-0.3, -0.25) is 4.79 Å². The molecule has 1 aliphatic carbocycles. The van der Waals surface area contributed by atoms with Crippen LogP contribution in [0.2, 0.25) is 0 Å². The molecule has 0 atom stereocenters. The normalized spacial score (nSPS) is 13.0. The van der Waals surface area contributed by atoms with Crippen LogP contribution in [-0.4, -0.2) is 30.8 Å². The van der Waals surface area contributed by atoms with Gasteiger partial charge in [-0.05, 0) is 68.0 Å². The lowest BCUT2D eigenvalue weighted by Crippen LogP contribution is -2.20. The van der Waals surface area contributed by atoms with Gasteiger partial charge in [-0.1, -0.05) is 30.0 Å². The fraction of sp³-hybridized carbons (Fsp3) is 0.214. The van der Waals surface area contributed by atoms with E-state index in [4.69, 9.17) is 9.57 Å². The molecule has 0 saturated carbocycles. The largest absolute Gasteiger partial charge is 0.496 e. The number of ketones is 1. The fourth-order valence-corrected chi connectivity index (χ4v) is 3.73. The fourth-order valence-electron chi connectivity index (χ4n) is 3.14. The summed E-state index contributed by atoms with van der Waals surface area (Å²) >= 11 is 1.61. The molecule has 0 amide bonds. The molecule has 176 valence electrons. The number of carbonyl (C=O) groups excluding carboxylic acids is 2. The van der Waals surface area contributed by atoms with Gasteiger partial charge in [0.05, 0.1) is 13.5 Å². The molecule has 1 aromatic rings. The predicted octanol–water partition coefficient (Wildman–Crippen LogP) is 6.06. The van der Waals surface area contributed by atoms with E-state index in [1.807, 2.05) is 32.2 Å². The Bertz CT molecular complexity index is 1130. The lowest BCUT2D eigenvalue weighted by molar-refractivity contribution is -0.142. The molecule has 6 heteroatoms. The number of hydrogen-bond acceptors (Lipinski definition) is 6. The molecule has 0 N–H and O–H groups in total. The van der Waals surface area contributed by atoms with Gasteiger partial charge in [0.2, 0.25) is 5.78 Å². The van der Waals surface area contributed by atoms with Crippen LogP contribution in [0.15, 0.2) is 87.9 Å². The van der Waals surface area contributed by atoms with Crippen LogP contribution in [0.25, 0.3) is 0 Å². The summed E-state index contributed by atoms with van der Waals surface area (Å²) in [5, 5.41) is 3.95. The highest BCUT2D eigenvalue weighted by atomic mass is 32.2. The number of methoxy groups -OCH3 is 1. The topological polar surface area (TPSA) is 65.0 Å². The summed E-state index contributed by atoms with van der Waals surface area (Å²) < 4.78 is 5.14. The van der Waals surface area contributed by atoms with Gasteiger partial charge >= 0.3 is 5.97 Å². The molecule has 0 spiro atoms. The third-order valence-corrected chi connectivity index (χ3v) is 5.47. The van der Waals surface area contributed by atoms with Gasteiger partial charge in [-0.15, -0.1) is 30.3 Å². The Kier molecular flexibility index (Phi) is 12.0. The number of nitrogens with zero attached hydrogens (tertiary/aromatic N) is 1. The number of oxime groups is 1. The number of rotatable bonds is 9. The first kappa shape index (κ1) is 28.3. The summed E-state index contributed by atoms with van der Waals surface area (Å²) in [5.74, 6) is -0.297. The second kappa shape index (κ2) is 14.4.